The number of carbonyl (C=O) groups excluding carboxylic acids is 1. The summed E-state index contributed by atoms with van der Waals surface area (Å²) in [7, 11) is 1.60. The van der Waals surface area contributed by atoms with Crippen LogP contribution >= 0.6 is 0 Å². The molecule has 0 aromatic heterocycles. The summed E-state index contributed by atoms with van der Waals surface area (Å²) in [5.41, 5.74) is 6.47. The molecule has 5 heteroatoms. The SMILES string of the molecule is COc1cccc(C=NNC(=O)COc2c(C)ccc(C)c2C)c1. The largest absolute Gasteiger partial charge is 0.497 e. The molecule has 126 valence electrons. The smallest absolute Gasteiger partial charge is 0.277 e. The van der Waals surface area contributed by atoms with E-state index >= 15 is 0 Å². The molecule has 0 saturated heterocycles. The van der Waals surface area contributed by atoms with Gasteiger partial charge >= 0.3 is 0 Å². The number of hydrogen-bond donors (Lipinski definition) is 1. The topological polar surface area (TPSA) is 59.9 Å². The molecule has 2 aromatic carbocycles. The Hall–Kier alpha value is -2.82. The minimum absolute atomic E-state index is 0.0828. The average molecular weight is 326 g/mol. The van der Waals surface area contributed by atoms with E-state index in [1.807, 2.05) is 57.2 Å². The monoisotopic (exact) mass is 326 g/mol. The first-order valence-electron chi connectivity index (χ1n) is 7.67. The number of carbonyl (C=O) groups is 1. The van der Waals surface area contributed by atoms with Crippen LogP contribution in [0.15, 0.2) is 41.5 Å². The Labute approximate surface area is 142 Å². The van der Waals surface area contributed by atoms with Gasteiger partial charge in [0.1, 0.15) is 11.5 Å². The van der Waals surface area contributed by atoms with Gasteiger partial charge in [0.2, 0.25) is 0 Å². The first-order valence-corrected chi connectivity index (χ1v) is 7.67. The number of ether oxygens (including phenoxy) is 2. The van der Waals surface area contributed by atoms with E-state index in [1.54, 1.807) is 13.3 Å². The van der Waals surface area contributed by atoms with Crippen molar-refractivity contribution >= 4 is 12.1 Å². The standard InChI is InChI=1S/C19H22N2O3/c1-13-8-9-14(2)19(15(13)3)24-12-18(22)21-20-11-16-6-5-7-17(10-16)23-4/h5-11H,12H2,1-4H3,(H,21,22). The number of amides is 1. The molecule has 0 heterocycles. The molecule has 0 aliphatic heterocycles. The van der Waals surface area contributed by atoms with Gasteiger partial charge in [0, 0.05) is 0 Å². The van der Waals surface area contributed by atoms with Crippen molar-refractivity contribution in [2.45, 2.75) is 20.8 Å². The number of nitrogens with one attached hydrogen (secondary N) is 1. The van der Waals surface area contributed by atoms with Crippen LogP contribution in [0, 0.1) is 20.8 Å². The van der Waals surface area contributed by atoms with Crippen LogP contribution in [0.25, 0.3) is 0 Å². The summed E-state index contributed by atoms with van der Waals surface area (Å²) in [4.78, 5) is 11.9. The summed E-state index contributed by atoms with van der Waals surface area (Å²) in [6.45, 7) is 5.87. The van der Waals surface area contributed by atoms with Crippen molar-refractivity contribution < 1.29 is 14.3 Å². The Bertz CT molecular complexity index is 754. The zero-order valence-corrected chi connectivity index (χ0v) is 14.4. The van der Waals surface area contributed by atoms with Crippen molar-refractivity contribution in [3.8, 4) is 11.5 Å². The van der Waals surface area contributed by atoms with Crippen LogP contribution in [0.5, 0.6) is 11.5 Å². The number of methoxy groups -OCH3 is 1. The van der Waals surface area contributed by atoms with E-state index in [2.05, 4.69) is 10.5 Å². The van der Waals surface area contributed by atoms with Gasteiger partial charge in [0.15, 0.2) is 6.61 Å². The van der Waals surface area contributed by atoms with Gasteiger partial charge in [-0.25, -0.2) is 5.43 Å². The highest BCUT2D eigenvalue weighted by Gasteiger charge is 2.08. The van der Waals surface area contributed by atoms with Crippen LogP contribution in [-0.4, -0.2) is 25.8 Å². The van der Waals surface area contributed by atoms with Gasteiger partial charge in [-0.3, -0.25) is 4.79 Å². The van der Waals surface area contributed by atoms with Gasteiger partial charge in [-0.15, -0.1) is 0 Å². The van der Waals surface area contributed by atoms with Gasteiger partial charge in [-0.05, 0) is 55.2 Å². The first-order chi connectivity index (χ1) is 11.5. The summed E-state index contributed by atoms with van der Waals surface area (Å²) in [6.07, 6.45) is 1.56. The molecule has 0 unspecified atom stereocenters. The molecule has 2 aromatic rings. The molecule has 0 saturated carbocycles. The summed E-state index contributed by atoms with van der Waals surface area (Å²) >= 11 is 0. The highest BCUT2D eigenvalue weighted by Crippen LogP contribution is 2.25. The quantitative estimate of drug-likeness (QED) is 0.655. The van der Waals surface area contributed by atoms with E-state index in [4.69, 9.17) is 9.47 Å². The van der Waals surface area contributed by atoms with Crippen molar-refractivity contribution in [3.63, 3.8) is 0 Å². The molecule has 1 N–H and O–H groups in total. The van der Waals surface area contributed by atoms with E-state index in [9.17, 15) is 4.79 Å². The van der Waals surface area contributed by atoms with E-state index in [0.29, 0.717) is 0 Å². The lowest BCUT2D eigenvalue weighted by Gasteiger charge is -2.13. The Morgan fingerprint density at radius 2 is 1.92 bits per heavy atom. The van der Waals surface area contributed by atoms with Crippen LogP contribution in [0.1, 0.15) is 22.3 Å². The lowest BCUT2D eigenvalue weighted by atomic mass is 10.1. The van der Waals surface area contributed by atoms with Gasteiger partial charge in [0.05, 0.1) is 13.3 Å². The third kappa shape index (κ3) is 4.59. The van der Waals surface area contributed by atoms with Crippen LogP contribution in [-0.2, 0) is 4.79 Å². The highest BCUT2D eigenvalue weighted by atomic mass is 16.5. The van der Waals surface area contributed by atoms with E-state index in [-0.39, 0.29) is 12.5 Å². The normalized spacial score (nSPS) is 10.7. The predicted molar refractivity (Wildman–Crippen MR) is 94.9 cm³/mol. The number of rotatable bonds is 6. The molecule has 0 aliphatic carbocycles. The van der Waals surface area contributed by atoms with E-state index in [0.717, 1.165) is 33.8 Å². The maximum atomic E-state index is 11.9. The predicted octanol–water partition coefficient (Wildman–Crippen LogP) is 3.15. The van der Waals surface area contributed by atoms with Crippen molar-refractivity contribution in [2.24, 2.45) is 5.10 Å². The molecule has 0 bridgehead atoms. The molecule has 0 fully saturated rings. The Morgan fingerprint density at radius 3 is 2.67 bits per heavy atom. The van der Waals surface area contributed by atoms with Gasteiger partial charge in [-0.1, -0.05) is 24.3 Å². The van der Waals surface area contributed by atoms with Crippen LogP contribution in [0.4, 0.5) is 0 Å². The molecule has 0 atom stereocenters. The Kier molecular flexibility index (Phi) is 5.95. The second-order valence-electron chi connectivity index (χ2n) is 5.51. The van der Waals surface area contributed by atoms with E-state index in [1.165, 1.54) is 0 Å². The second-order valence-corrected chi connectivity index (χ2v) is 5.51. The molecular weight excluding hydrogens is 304 g/mol. The lowest BCUT2D eigenvalue weighted by Crippen LogP contribution is -2.25. The Balaban J connectivity index is 1.90. The highest BCUT2D eigenvalue weighted by molar-refractivity contribution is 5.83. The molecule has 0 aliphatic rings. The Morgan fingerprint density at radius 1 is 1.17 bits per heavy atom. The van der Waals surface area contributed by atoms with Crippen LogP contribution < -0.4 is 14.9 Å². The summed E-state index contributed by atoms with van der Waals surface area (Å²) in [5, 5.41) is 3.93. The van der Waals surface area contributed by atoms with Crippen molar-refractivity contribution in [1.29, 1.82) is 0 Å². The van der Waals surface area contributed by atoms with Crippen LogP contribution in [0.2, 0.25) is 0 Å². The number of benzene rings is 2. The number of aryl methyl sites for hydroxylation is 2. The fraction of sp³-hybridized carbons (Fsp3) is 0.263. The molecule has 0 radical (unpaired) electrons. The minimum Gasteiger partial charge on any atom is -0.497 e. The second kappa shape index (κ2) is 8.15. The van der Waals surface area contributed by atoms with Gasteiger partial charge in [-0.2, -0.15) is 5.10 Å². The first kappa shape index (κ1) is 17.5. The molecule has 1 amide bonds. The maximum absolute atomic E-state index is 11.9. The minimum atomic E-state index is -0.311. The van der Waals surface area contributed by atoms with E-state index < -0.39 is 0 Å². The lowest BCUT2D eigenvalue weighted by molar-refractivity contribution is -0.123. The van der Waals surface area contributed by atoms with Crippen molar-refractivity contribution in [3.05, 3.63) is 58.7 Å². The molecule has 0 spiro atoms. The molecule has 2 rings (SSSR count). The molecule has 24 heavy (non-hydrogen) atoms. The number of hydrazone groups is 1. The van der Waals surface area contributed by atoms with Crippen LogP contribution in [0.3, 0.4) is 0 Å². The fourth-order valence-corrected chi connectivity index (χ4v) is 2.22. The van der Waals surface area contributed by atoms with Gasteiger partial charge < -0.3 is 9.47 Å². The third-order valence-corrected chi connectivity index (χ3v) is 3.72. The zero-order chi connectivity index (χ0) is 17.5. The zero-order valence-electron chi connectivity index (χ0n) is 14.4. The average Bonchev–Trinajstić information content (AvgIpc) is 2.58. The van der Waals surface area contributed by atoms with Crippen molar-refractivity contribution in [2.75, 3.05) is 13.7 Å². The number of hydrogen-bond acceptors (Lipinski definition) is 4. The fourth-order valence-electron chi connectivity index (χ4n) is 2.22. The maximum Gasteiger partial charge on any atom is 0.277 e. The molecular formula is C19H22N2O3. The summed E-state index contributed by atoms with van der Waals surface area (Å²) in [5.74, 6) is 1.18. The summed E-state index contributed by atoms with van der Waals surface area (Å²) < 4.78 is 10.8. The van der Waals surface area contributed by atoms with Crippen molar-refractivity contribution in [1.82, 2.24) is 5.43 Å². The number of nitrogens with zero attached hydrogens (tertiary/aromatic N) is 1. The van der Waals surface area contributed by atoms with Gasteiger partial charge in [0.25, 0.3) is 5.91 Å². The third-order valence-electron chi connectivity index (χ3n) is 3.72. The molecule has 5 nitrogen and oxygen atoms in total. The summed E-state index contributed by atoms with van der Waals surface area (Å²) in [6, 6.07) is 11.4.